The summed E-state index contributed by atoms with van der Waals surface area (Å²) in [7, 11) is 0. The zero-order valence-corrected chi connectivity index (χ0v) is 7.67. The summed E-state index contributed by atoms with van der Waals surface area (Å²) >= 11 is 0. The van der Waals surface area contributed by atoms with Crippen molar-refractivity contribution in [2.75, 3.05) is 0 Å². The van der Waals surface area contributed by atoms with E-state index in [9.17, 15) is 0 Å². The van der Waals surface area contributed by atoms with E-state index in [1.54, 1.807) is 0 Å². The molecule has 0 bridgehead atoms. The Morgan fingerprint density at radius 1 is 1.42 bits per heavy atom. The highest BCUT2D eigenvalue weighted by Crippen LogP contribution is 2.11. The highest BCUT2D eigenvalue weighted by atomic mass is 16.3. The lowest BCUT2D eigenvalue weighted by Crippen LogP contribution is -1.86. The lowest BCUT2D eigenvalue weighted by atomic mass is 10.1. The fourth-order valence-electron chi connectivity index (χ4n) is 0.754. The van der Waals surface area contributed by atoms with Gasteiger partial charge in [0, 0.05) is 0 Å². The van der Waals surface area contributed by atoms with Gasteiger partial charge in [-0.25, -0.2) is 0 Å². The molecule has 0 heterocycles. The number of hydrogen-bond acceptors (Lipinski definition) is 2. The van der Waals surface area contributed by atoms with Crippen molar-refractivity contribution in [2.45, 2.75) is 26.7 Å². The van der Waals surface area contributed by atoms with Crippen molar-refractivity contribution >= 4 is 0 Å². The number of aliphatic hydroxyl groups is 2. The van der Waals surface area contributed by atoms with Crippen molar-refractivity contribution in [2.24, 2.45) is 0 Å². The van der Waals surface area contributed by atoms with Crippen LogP contribution in [0, 0.1) is 0 Å². The van der Waals surface area contributed by atoms with Crippen LogP contribution in [0.5, 0.6) is 0 Å². The summed E-state index contributed by atoms with van der Waals surface area (Å²) in [4.78, 5) is 0. The third kappa shape index (κ3) is 4.61. The van der Waals surface area contributed by atoms with Gasteiger partial charge in [0.15, 0.2) is 5.76 Å². The molecule has 0 aliphatic heterocycles. The third-order valence-corrected chi connectivity index (χ3v) is 1.48. The predicted octanol–water partition coefficient (Wildman–Crippen LogP) is 3.25. The van der Waals surface area contributed by atoms with Crippen molar-refractivity contribution in [3.05, 3.63) is 35.8 Å². The minimum absolute atomic E-state index is 0.128. The number of hydrogen-bond donors (Lipinski definition) is 2. The first kappa shape index (κ1) is 10.8. The van der Waals surface area contributed by atoms with E-state index in [0.717, 1.165) is 6.42 Å². The molecule has 12 heavy (non-hydrogen) atoms. The Morgan fingerprint density at radius 3 is 2.42 bits per heavy atom. The van der Waals surface area contributed by atoms with Gasteiger partial charge in [-0.05, 0) is 32.3 Å². The average Bonchev–Trinajstić information content (AvgIpc) is 2.02. The molecule has 0 unspecified atom stereocenters. The van der Waals surface area contributed by atoms with E-state index < -0.39 is 0 Å². The van der Waals surface area contributed by atoms with Crippen LogP contribution in [0.1, 0.15) is 26.7 Å². The SMILES string of the molecule is C=C(CCC=C(C)C)/C(O)=C/O. The van der Waals surface area contributed by atoms with E-state index in [0.29, 0.717) is 18.3 Å². The number of aliphatic hydroxyl groups excluding tert-OH is 2. The molecule has 0 rings (SSSR count). The molecular formula is C10H16O2. The van der Waals surface area contributed by atoms with Crippen molar-refractivity contribution < 1.29 is 10.2 Å². The van der Waals surface area contributed by atoms with Crippen LogP contribution in [-0.2, 0) is 0 Å². The Labute approximate surface area is 73.5 Å². The van der Waals surface area contributed by atoms with Crippen LogP contribution in [0.2, 0.25) is 0 Å². The molecule has 0 aromatic rings. The van der Waals surface area contributed by atoms with E-state index in [1.165, 1.54) is 5.57 Å². The molecule has 0 aromatic heterocycles. The predicted molar refractivity (Wildman–Crippen MR) is 51.1 cm³/mol. The Bertz CT molecular complexity index is 208. The Hall–Kier alpha value is -1.18. The molecule has 68 valence electrons. The monoisotopic (exact) mass is 168 g/mol. The first-order valence-corrected chi connectivity index (χ1v) is 3.92. The molecular weight excluding hydrogens is 152 g/mol. The van der Waals surface area contributed by atoms with Gasteiger partial charge in [-0.3, -0.25) is 0 Å². The topological polar surface area (TPSA) is 40.5 Å². The van der Waals surface area contributed by atoms with Gasteiger partial charge in [0.1, 0.15) is 6.26 Å². The van der Waals surface area contributed by atoms with E-state index in [1.807, 2.05) is 13.8 Å². The third-order valence-electron chi connectivity index (χ3n) is 1.48. The lowest BCUT2D eigenvalue weighted by Gasteiger charge is -2.00. The summed E-state index contributed by atoms with van der Waals surface area (Å²) in [6.45, 7) is 7.65. The van der Waals surface area contributed by atoms with Gasteiger partial charge in [0.05, 0.1) is 0 Å². The quantitative estimate of drug-likeness (QED) is 0.384. The van der Waals surface area contributed by atoms with Gasteiger partial charge in [-0.1, -0.05) is 18.2 Å². The zero-order valence-electron chi connectivity index (χ0n) is 7.67. The Balaban J connectivity index is 3.81. The molecule has 0 aliphatic carbocycles. The average molecular weight is 168 g/mol. The second kappa shape index (κ2) is 5.47. The maximum absolute atomic E-state index is 8.98. The molecule has 2 N–H and O–H groups in total. The van der Waals surface area contributed by atoms with Crippen molar-refractivity contribution in [1.82, 2.24) is 0 Å². The van der Waals surface area contributed by atoms with Gasteiger partial charge in [-0.2, -0.15) is 0 Å². The van der Waals surface area contributed by atoms with Gasteiger partial charge >= 0.3 is 0 Å². The van der Waals surface area contributed by atoms with Crippen LogP contribution < -0.4 is 0 Å². The van der Waals surface area contributed by atoms with E-state index in [-0.39, 0.29) is 5.76 Å². The maximum Gasteiger partial charge on any atom is 0.152 e. The van der Waals surface area contributed by atoms with Crippen LogP contribution in [0.4, 0.5) is 0 Å². The summed E-state index contributed by atoms with van der Waals surface area (Å²) in [6, 6.07) is 0. The van der Waals surface area contributed by atoms with Crippen molar-refractivity contribution in [3.8, 4) is 0 Å². The van der Waals surface area contributed by atoms with Gasteiger partial charge in [0.25, 0.3) is 0 Å². The molecule has 0 atom stereocenters. The molecule has 0 radical (unpaired) electrons. The molecule has 2 nitrogen and oxygen atoms in total. The smallest absolute Gasteiger partial charge is 0.152 e. The summed E-state index contributed by atoms with van der Waals surface area (Å²) in [6.07, 6.45) is 4.26. The standard InChI is InChI=1S/C10H16O2/c1-8(2)5-4-6-9(3)10(12)7-11/h5,7,11-12H,3-4,6H2,1-2H3/b10-7-. The summed E-state index contributed by atoms with van der Waals surface area (Å²) in [5, 5.41) is 17.4. The number of rotatable bonds is 4. The molecule has 0 spiro atoms. The minimum Gasteiger partial charge on any atom is -0.512 e. The molecule has 0 fully saturated rings. The van der Waals surface area contributed by atoms with E-state index in [2.05, 4.69) is 12.7 Å². The Morgan fingerprint density at radius 2 is 2.00 bits per heavy atom. The van der Waals surface area contributed by atoms with Crippen molar-refractivity contribution in [3.63, 3.8) is 0 Å². The molecule has 2 heteroatoms. The van der Waals surface area contributed by atoms with Crippen LogP contribution >= 0.6 is 0 Å². The van der Waals surface area contributed by atoms with Crippen molar-refractivity contribution in [1.29, 1.82) is 0 Å². The van der Waals surface area contributed by atoms with E-state index >= 15 is 0 Å². The minimum atomic E-state index is -0.128. The zero-order chi connectivity index (χ0) is 9.56. The second-order valence-electron chi connectivity index (χ2n) is 2.94. The van der Waals surface area contributed by atoms with Gasteiger partial charge < -0.3 is 10.2 Å². The summed E-state index contributed by atoms with van der Waals surface area (Å²) in [5.41, 5.74) is 1.81. The fraction of sp³-hybridized carbons (Fsp3) is 0.400. The molecule has 0 saturated carbocycles. The second-order valence-corrected chi connectivity index (χ2v) is 2.94. The summed E-state index contributed by atoms with van der Waals surface area (Å²) in [5.74, 6) is -0.128. The largest absolute Gasteiger partial charge is 0.512 e. The fourth-order valence-corrected chi connectivity index (χ4v) is 0.754. The normalized spacial score (nSPS) is 11.0. The summed E-state index contributed by atoms with van der Waals surface area (Å²) < 4.78 is 0. The van der Waals surface area contributed by atoms with Crippen LogP contribution in [0.3, 0.4) is 0 Å². The number of allylic oxidation sites excluding steroid dienone is 3. The van der Waals surface area contributed by atoms with Gasteiger partial charge in [-0.15, -0.1) is 0 Å². The molecule has 0 amide bonds. The van der Waals surface area contributed by atoms with E-state index in [4.69, 9.17) is 10.2 Å². The molecule has 0 aromatic carbocycles. The van der Waals surface area contributed by atoms with Gasteiger partial charge in [0.2, 0.25) is 0 Å². The Kier molecular flexibility index (Phi) is 4.93. The first-order valence-electron chi connectivity index (χ1n) is 3.92. The maximum atomic E-state index is 8.98. The lowest BCUT2D eigenvalue weighted by molar-refractivity contribution is 0.368. The first-order chi connectivity index (χ1) is 5.57. The molecule has 0 aliphatic rings. The molecule has 0 saturated heterocycles. The van der Waals surface area contributed by atoms with Crippen LogP contribution in [0.25, 0.3) is 0 Å². The highest BCUT2D eigenvalue weighted by molar-refractivity contribution is 5.19. The highest BCUT2D eigenvalue weighted by Gasteiger charge is 1.97. The van der Waals surface area contributed by atoms with Crippen LogP contribution in [-0.4, -0.2) is 10.2 Å². The van der Waals surface area contributed by atoms with Crippen LogP contribution in [0.15, 0.2) is 35.8 Å².